The summed E-state index contributed by atoms with van der Waals surface area (Å²) in [7, 11) is 0. The third-order valence-electron chi connectivity index (χ3n) is 8.80. The maximum absolute atomic E-state index is 10.5. The Hall–Kier alpha value is -0.730. The molecule has 0 saturated heterocycles. The zero-order valence-electron chi connectivity index (χ0n) is 14.6. The van der Waals surface area contributed by atoms with Gasteiger partial charge in [-0.3, -0.25) is 0 Å². The average molecular weight is 317 g/mol. The Bertz CT molecular complexity index is 531. The Balaban J connectivity index is 1.58. The Morgan fingerprint density at radius 1 is 0.957 bits per heavy atom. The van der Waals surface area contributed by atoms with Crippen molar-refractivity contribution in [2.45, 2.75) is 83.8 Å². The minimum Gasteiger partial charge on any atom is -0.393 e. The van der Waals surface area contributed by atoms with Crippen LogP contribution in [0.1, 0.15) is 71.6 Å². The molecule has 6 unspecified atom stereocenters. The lowest BCUT2D eigenvalue weighted by atomic mass is 9.45. The molecule has 0 heterocycles. The molecule has 4 heteroatoms. The largest absolute Gasteiger partial charge is 0.393 e. The van der Waals surface area contributed by atoms with Crippen molar-refractivity contribution in [1.82, 2.24) is 0 Å². The van der Waals surface area contributed by atoms with E-state index in [1.54, 1.807) is 0 Å². The number of aliphatic hydroxyl groups is 1. The lowest BCUT2D eigenvalue weighted by molar-refractivity contribution is -0.122. The van der Waals surface area contributed by atoms with Gasteiger partial charge in [-0.15, -0.1) is 0 Å². The van der Waals surface area contributed by atoms with Crippen LogP contribution in [0.4, 0.5) is 0 Å². The fourth-order valence-electron chi connectivity index (χ4n) is 7.39. The van der Waals surface area contributed by atoms with E-state index in [1.165, 1.54) is 38.5 Å². The molecule has 0 aromatic rings. The number of fused-ring (bicyclic) bond motifs is 5. The highest BCUT2D eigenvalue weighted by Gasteiger charge is 2.59. The number of nitrogens with zero attached hydrogens (tertiary/aromatic N) is 3. The maximum atomic E-state index is 10.5. The van der Waals surface area contributed by atoms with Crippen LogP contribution in [-0.2, 0) is 0 Å². The van der Waals surface area contributed by atoms with E-state index in [0.29, 0.717) is 5.41 Å². The topological polar surface area (TPSA) is 69.0 Å². The first kappa shape index (κ1) is 15.8. The highest BCUT2D eigenvalue weighted by Crippen LogP contribution is 2.66. The summed E-state index contributed by atoms with van der Waals surface area (Å²) < 4.78 is 0. The van der Waals surface area contributed by atoms with Gasteiger partial charge in [-0.25, -0.2) is 0 Å². The van der Waals surface area contributed by atoms with E-state index in [1.807, 2.05) is 0 Å². The molecule has 128 valence electrons. The van der Waals surface area contributed by atoms with E-state index in [0.717, 1.165) is 42.9 Å². The summed E-state index contributed by atoms with van der Waals surface area (Å²) in [4.78, 5) is 3.06. The van der Waals surface area contributed by atoms with E-state index in [-0.39, 0.29) is 17.6 Å². The molecule has 0 radical (unpaired) electrons. The van der Waals surface area contributed by atoms with Crippen molar-refractivity contribution in [2.75, 3.05) is 0 Å². The Morgan fingerprint density at radius 2 is 1.70 bits per heavy atom. The van der Waals surface area contributed by atoms with Crippen LogP contribution in [-0.4, -0.2) is 17.3 Å². The Kier molecular flexibility index (Phi) is 3.70. The molecule has 4 saturated carbocycles. The fraction of sp³-hybridized carbons (Fsp3) is 1.00. The van der Waals surface area contributed by atoms with Crippen molar-refractivity contribution in [3.05, 3.63) is 10.4 Å². The monoisotopic (exact) mass is 317 g/mol. The van der Waals surface area contributed by atoms with E-state index in [4.69, 9.17) is 5.53 Å². The van der Waals surface area contributed by atoms with Gasteiger partial charge in [-0.05, 0) is 97.8 Å². The third-order valence-corrected chi connectivity index (χ3v) is 8.80. The van der Waals surface area contributed by atoms with Gasteiger partial charge in [0.05, 0.1) is 6.10 Å². The van der Waals surface area contributed by atoms with Crippen molar-refractivity contribution >= 4 is 0 Å². The molecule has 23 heavy (non-hydrogen) atoms. The van der Waals surface area contributed by atoms with Crippen LogP contribution in [0.15, 0.2) is 5.11 Å². The first-order valence-electron chi connectivity index (χ1n) is 9.71. The van der Waals surface area contributed by atoms with Crippen molar-refractivity contribution < 1.29 is 5.11 Å². The quantitative estimate of drug-likeness (QED) is 0.409. The molecule has 0 bridgehead atoms. The number of azide groups is 1. The molecule has 0 aromatic carbocycles. The van der Waals surface area contributed by atoms with Gasteiger partial charge in [0.1, 0.15) is 0 Å². The predicted molar refractivity (Wildman–Crippen MR) is 90.7 cm³/mol. The normalized spacial score (nSPS) is 55.3. The van der Waals surface area contributed by atoms with Gasteiger partial charge in [0.25, 0.3) is 0 Å². The molecule has 0 amide bonds. The second-order valence-electron chi connectivity index (χ2n) is 9.43. The van der Waals surface area contributed by atoms with Crippen molar-refractivity contribution in [3.63, 3.8) is 0 Å². The summed E-state index contributed by atoms with van der Waals surface area (Å²) in [5.74, 6) is 3.13. The van der Waals surface area contributed by atoms with Crippen LogP contribution in [0.25, 0.3) is 10.4 Å². The van der Waals surface area contributed by atoms with Gasteiger partial charge < -0.3 is 5.11 Å². The molecule has 4 rings (SSSR count). The van der Waals surface area contributed by atoms with Crippen LogP contribution in [0, 0.1) is 34.5 Å². The minimum absolute atomic E-state index is 0.0697. The van der Waals surface area contributed by atoms with E-state index < -0.39 is 0 Å². The number of hydrogen-bond donors (Lipinski definition) is 1. The summed E-state index contributed by atoms with van der Waals surface area (Å²) in [5.41, 5.74) is 9.39. The van der Waals surface area contributed by atoms with Crippen molar-refractivity contribution in [2.24, 2.45) is 39.6 Å². The fourth-order valence-corrected chi connectivity index (χ4v) is 7.39. The van der Waals surface area contributed by atoms with Crippen LogP contribution in [0.5, 0.6) is 0 Å². The Labute approximate surface area is 139 Å². The second kappa shape index (κ2) is 5.39. The molecule has 0 aromatic heterocycles. The standard InChI is InChI=1S/C19H31N3O/c1-18-9-7-13(21-22-20)11-12(18)3-4-14-15-5-6-17(23)19(15,2)10-8-16(14)18/h12-17,23H,3-11H2,1-2H3/t12?,13?,14?,15?,16?,17?,18-,19-/m0/s1. The van der Waals surface area contributed by atoms with Gasteiger partial charge in [0.15, 0.2) is 0 Å². The van der Waals surface area contributed by atoms with Crippen molar-refractivity contribution in [1.29, 1.82) is 0 Å². The summed E-state index contributed by atoms with van der Waals surface area (Å²) in [5, 5.41) is 14.5. The second-order valence-corrected chi connectivity index (χ2v) is 9.43. The first-order chi connectivity index (χ1) is 11.0. The minimum atomic E-state index is -0.0697. The van der Waals surface area contributed by atoms with Gasteiger partial charge >= 0.3 is 0 Å². The summed E-state index contributed by atoms with van der Waals surface area (Å²) in [6, 6.07) is 0.233. The number of rotatable bonds is 1. The van der Waals surface area contributed by atoms with Crippen LogP contribution < -0.4 is 0 Å². The van der Waals surface area contributed by atoms with Gasteiger partial charge in [0, 0.05) is 11.0 Å². The highest BCUT2D eigenvalue weighted by molar-refractivity contribution is 5.09. The van der Waals surface area contributed by atoms with Crippen LogP contribution in [0.3, 0.4) is 0 Å². The van der Waals surface area contributed by atoms with Gasteiger partial charge in [-0.1, -0.05) is 19.0 Å². The molecule has 4 aliphatic rings. The molecular weight excluding hydrogens is 286 g/mol. The van der Waals surface area contributed by atoms with E-state index in [2.05, 4.69) is 23.9 Å². The Morgan fingerprint density at radius 3 is 2.48 bits per heavy atom. The predicted octanol–water partition coefficient (Wildman–Crippen LogP) is 5.07. The number of hydrogen-bond acceptors (Lipinski definition) is 2. The summed E-state index contributed by atoms with van der Waals surface area (Å²) >= 11 is 0. The lowest BCUT2D eigenvalue weighted by Gasteiger charge is -2.60. The first-order valence-corrected chi connectivity index (χ1v) is 9.71. The third kappa shape index (κ3) is 2.17. The zero-order valence-corrected chi connectivity index (χ0v) is 14.6. The van der Waals surface area contributed by atoms with E-state index in [9.17, 15) is 5.11 Å². The van der Waals surface area contributed by atoms with Gasteiger partial charge in [0.2, 0.25) is 0 Å². The molecule has 4 fully saturated rings. The van der Waals surface area contributed by atoms with Crippen LogP contribution in [0.2, 0.25) is 0 Å². The van der Waals surface area contributed by atoms with Crippen LogP contribution >= 0.6 is 0 Å². The molecule has 4 nitrogen and oxygen atoms in total. The van der Waals surface area contributed by atoms with Gasteiger partial charge in [-0.2, -0.15) is 0 Å². The highest BCUT2D eigenvalue weighted by atomic mass is 16.3. The average Bonchev–Trinajstić information content (AvgIpc) is 2.84. The van der Waals surface area contributed by atoms with Crippen molar-refractivity contribution in [3.8, 4) is 0 Å². The summed E-state index contributed by atoms with van der Waals surface area (Å²) in [6.07, 6.45) is 10.7. The van der Waals surface area contributed by atoms with E-state index >= 15 is 0 Å². The zero-order chi connectivity index (χ0) is 16.2. The molecule has 4 aliphatic carbocycles. The smallest absolute Gasteiger partial charge is 0.0596 e. The maximum Gasteiger partial charge on any atom is 0.0596 e. The molecule has 1 N–H and O–H groups in total. The molecule has 8 atom stereocenters. The molecule has 0 aliphatic heterocycles. The molecular formula is C19H31N3O. The number of aliphatic hydroxyl groups excluding tert-OH is 1. The SMILES string of the molecule is C[C@]12CCC(N=[N+]=[N-])CC1CCC1C2CC[C@]2(C)C(O)CCC12. The lowest BCUT2D eigenvalue weighted by Crippen LogP contribution is -2.54. The molecule has 0 spiro atoms. The summed E-state index contributed by atoms with van der Waals surface area (Å²) in [6.45, 7) is 4.90.